The third kappa shape index (κ3) is 2.51. The minimum Gasteiger partial charge on any atom is -0.358 e. The summed E-state index contributed by atoms with van der Waals surface area (Å²) < 4.78 is 1.90. The molecule has 0 aliphatic heterocycles. The Kier molecular flexibility index (Phi) is 3.02. The number of nitro groups is 1. The van der Waals surface area contributed by atoms with Crippen LogP contribution in [0.5, 0.6) is 0 Å². The van der Waals surface area contributed by atoms with Crippen LogP contribution in [0.3, 0.4) is 0 Å². The quantitative estimate of drug-likeness (QED) is 0.608. The smallest absolute Gasteiger partial charge is 0.346 e. The first-order valence-electron chi connectivity index (χ1n) is 3.88. The fraction of sp³-hybridized carbons (Fsp3) is 0.571. The Morgan fingerprint density at radius 1 is 1.77 bits per heavy atom. The van der Waals surface area contributed by atoms with E-state index in [1.54, 1.807) is 0 Å². The number of halogens is 1. The molecule has 1 aromatic heterocycles. The van der Waals surface area contributed by atoms with Crippen LogP contribution >= 0.6 is 15.9 Å². The van der Waals surface area contributed by atoms with Gasteiger partial charge in [0.05, 0.1) is 6.07 Å². The molecule has 0 fully saturated rings. The molecule has 5 nitrogen and oxygen atoms in total. The lowest BCUT2D eigenvalue weighted by molar-refractivity contribution is -0.392. The lowest BCUT2D eigenvalue weighted by atomic mass is 10.2. The summed E-state index contributed by atoms with van der Waals surface area (Å²) in [6.07, 6.45) is 0. The fourth-order valence-electron chi connectivity index (χ4n) is 1.00. The predicted molar refractivity (Wildman–Crippen MR) is 51.4 cm³/mol. The van der Waals surface area contributed by atoms with Gasteiger partial charge in [0, 0.05) is 0 Å². The normalized spacial score (nSPS) is 10.8. The van der Waals surface area contributed by atoms with Gasteiger partial charge in [0.15, 0.2) is 4.60 Å². The number of hydrogen-bond donors (Lipinski definition) is 0. The molecular formula is C7H10BrN3O2. The Bertz CT molecular complexity index is 322. The minimum atomic E-state index is -0.430. The molecule has 0 aliphatic carbocycles. The van der Waals surface area contributed by atoms with Crippen LogP contribution in [-0.2, 0) is 6.54 Å². The molecular weight excluding hydrogens is 238 g/mol. The zero-order valence-corrected chi connectivity index (χ0v) is 8.98. The van der Waals surface area contributed by atoms with Gasteiger partial charge in [-0.3, -0.25) is 0 Å². The van der Waals surface area contributed by atoms with Gasteiger partial charge in [-0.25, -0.2) is 0 Å². The molecule has 0 N–H and O–H groups in total. The van der Waals surface area contributed by atoms with Gasteiger partial charge >= 0.3 is 5.82 Å². The van der Waals surface area contributed by atoms with Crippen LogP contribution in [0.4, 0.5) is 5.82 Å². The van der Waals surface area contributed by atoms with Crippen molar-refractivity contribution in [2.45, 2.75) is 20.4 Å². The van der Waals surface area contributed by atoms with Crippen LogP contribution in [0, 0.1) is 16.0 Å². The van der Waals surface area contributed by atoms with Crippen LogP contribution in [-0.4, -0.2) is 14.7 Å². The molecule has 0 bridgehead atoms. The van der Waals surface area contributed by atoms with Crippen molar-refractivity contribution in [3.05, 3.63) is 20.8 Å². The monoisotopic (exact) mass is 247 g/mol. The number of nitrogens with zero attached hydrogens (tertiary/aromatic N) is 3. The highest BCUT2D eigenvalue weighted by atomic mass is 79.9. The Hall–Kier alpha value is -0.910. The van der Waals surface area contributed by atoms with Crippen molar-refractivity contribution < 1.29 is 4.92 Å². The summed E-state index contributed by atoms with van der Waals surface area (Å²) in [4.78, 5) is 10.1. The summed E-state index contributed by atoms with van der Waals surface area (Å²) in [5.74, 6) is 0.367. The first-order chi connectivity index (χ1) is 6.00. The first kappa shape index (κ1) is 10.2. The molecule has 72 valence electrons. The molecule has 0 atom stereocenters. The van der Waals surface area contributed by atoms with Gasteiger partial charge in [-0.05, 0) is 26.8 Å². The van der Waals surface area contributed by atoms with Gasteiger partial charge in [-0.15, -0.1) is 4.68 Å². The molecule has 0 unspecified atom stereocenters. The highest BCUT2D eigenvalue weighted by Crippen LogP contribution is 2.18. The molecule has 0 aliphatic rings. The van der Waals surface area contributed by atoms with Crippen LogP contribution in [0.2, 0.25) is 0 Å². The van der Waals surface area contributed by atoms with E-state index in [2.05, 4.69) is 21.0 Å². The van der Waals surface area contributed by atoms with Gasteiger partial charge < -0.3 is 10.1 Å². The van der Waals surface area contributed by atoms with E-state index in [1.165, 1.54) is 10.7 Å². The van der Waals surface area contributed by atoms with Crippen molar-refractivity contribution in [3.63, 3.8) is 0 Å². The standard InChI is InChI=1S/C7H10BrN3O2/c1-5(2)4-10-7(11(12)13)3-6(8)9-10/h3,5H,4H2,1-2H3. The highest BCUT2D eigenvalue weighted by Gasteiger charge is 2.17. The van der Waals surface area contributed by atoms with E-state index in [-0.39, 0.29) is 5.82 Å². The molecule has 0 aromatic carbocycles. The molecule has 0 radical (unpaired) electrons. The molecule has 1 heterocycles. The average Bonchev–Trinajstić information content (AvgIpc) is 2.29. The summed E-state index contributed by atoms with van der Waals surface area (Å²) in [6, 6.07) is 1.41. The zero-order chi connectivity index (χ0) is 10.0. The Morgan fingerprint density at radius 2 is 2.38 bits per heavy atom. The molecule has 1 rings (SSSR count). The van der Waals surface area contributed by atoms with Gasteiger partial charge in [0.25, 0.3) is 0 Å². The second-order valence-electron chi connectivity index (χ2n) is 3.16. The van der Waals surface area contributed by atoms with E-state index in [0.29, 0.717) is 17.1 Å². The second-order valence-corrected chi connectivity index (χ2v) is 3.97. The van der Waals surface area contributed by atoms with Crippen molar-refractivity contribution in [2.24, 2.45) is 5.92 Å². The first-order valence-corrected chi connectivity index (χ1v) is 4.67. The van der Waals surface area contributed by atoms with Crippen molar-refractivity contribution in [3.8, 4) is 0 Å². The third-order valence-corrected chi connectivity index (χ3v) is 1.84. The predicted octanol–water partition coefficient (Wildman–Crippen LogP) is 2.21. The largest absolute Gasteiger partial charge is 0.358 e. The van der Waals surface area contributed by atoms with Crippen molar-refractivity contribution in [2.75, 3.05) is 0 Å². The van der Waals surface area contributed by atoms with Gasteiger partial charge in [0.1, 0.15) is 6.54 Å². The third-order valence-electron chi connectivity index (χ3n) is 1.45. The maximum absolute atomic E-state index is 10.5. The molecule has 0 saturated carbocycles. The number of hydrogen-bond acceptors (Lipinski definition) is 3. The van der Waals surface area contributed by atoms with E-state index in [0.717, 1.165) is 0 Å². The van der Waals surface area contributed by atoms with E-state index in [9.17, 15) is 10.1 Å². The topological polar surface area (TPSA) is 61.0 Å². The summed E-state index contributed by atoms with van der Waals surface area (Å²) in [5, 5.41) is 14.5. The minimum absolute atomic E-state index is 0.0283. The van der Waals surface area contributed by atoms with Crippen LogP contribution < -0.4 is 0 Å². The van der Waals surface area contributed by atoms with Crippen LogP contribution in [0.15, 0.2) is 10.7 Å². The van der Waals surface area contributed by atoms with E-state index < -0.39 is 4.92 Å². The van der Waals surface area contributed by atoms with Gasteiger partial charge in [-0.2, -0.15) is 0 Å². The maximum atomic E-state index is 10.5. The van der Waals surface area contributed by atoms with Crippen molar-refractivity contribution >= 4 is 21.7 Å². The highest BCUT2D eigenvalue weighted by molar-refractivity contribution is 9.10. The average molecular weight is 248 g/mol. The Labute approximate surface area is 84.0 Å². The molecule has 1 aromatic rings. The lowest BCUT2D eigenvalue weighted by Crippen LogP contribution is -2.09. The lowest BCUT2D eigenvalue weighted by Gasteiger charge is -2.01. The van der Waals surface area contributed by atoms with E-state index in [1.807, 2.05) is 13.8 Å². The van der Waals surface area contributed by atoms with Crippen LogP contribution in [0.1, 0.15) is 13.8 Å². The Morgan fingerprint density at radius 3 is 2.85 bits per heavy atom. The second kappa shape index (κ2) is 3.87. The molecule has 0 saturated heterocycles. The number of aromatic nitrogens is 2. The summed E-state index contributed by atoms with van der Waals surface area (Å²) in [7, 11) is 0. The molecule has 0 amide bonds. The van der Waals surface area contributed by atoms with Crippen LogP contribution in [0.25, 0.3) is 0 Å². The van der Waals surface area contributed by atoms with E-state index in [4.69, 9.17) is 0 Å². The molecule has 6 heteroatoms. The molecule has 13 heavy (non-hydrogen) atoms. The number of rotatable bonds is 3. The van der Waals surface area contributed by atoms with Crippen molar-refractivity contribution in [1.29, 1.82) is 0 Å². The molecule has 0 spiro atoms. The maximum Gasteiger partial charge on any atom is 0.346 e. The zero-order valence-electron chi connectivity index (χ0n) is 7.40. The van der Waals surface area contributed by atoms with Crippen molar-refractivity contribution in [1.82, 2.24) is 9.78 Å². The van der Waals surface area contributed by atoms with Gasteiger partial charge in [-0.1, -0.05) is 18.9 Å². The Balaban J connectivity index is 2.97. The van der Waals surface area contributed by atoms with Gasteiger partial charge in [0.2, 0.25) is 0 Å². The summed E-state index contributed by atoms with van der Waals surface area (Å²) in [5.41, 5.74) is 0. The fourth-order valence-corrected chi connectivity index (χ4v) is 1.40. The SMILES string of the molecule is CC(C)Cn1nc(Br)cc1[N+](=O)[O-]. The summed E-state index contributed by atoms with van der Waals surface area (Å²) in [6.45, 7) is 4.53. The van der Waals surface area contributed by atoms with E-state index >= 15 is 0 Å². The summed E-state index contributed by atoms with van der Waals surface area (Å²) >= 11 is 3.10.